The Balaban J connectivity index is 1.92. The minimum Gasteiger partial charge on any atom is -0.399 e. The molecule has 6 heteroatoms. The van der Waals surface area contributed by atoms with Crippen LogP contribution in [0.2, 0.25) is 0 Å². The lowest BCUT2D eigenvalue weighted by molar-refractivity contribution is 0.262. The molecule has 6 nitrogen and oxygen atoms in total. The van der Waals surface area contributed by atoms with E-state index in [1.165, 1.54) is 0 Å². The van der Waals surface area contributed by atoms with Gasteiger partial charge in [0.25, 0.3) is 0 Å². The van der Waals surface area contributed by atoms with Crippen molar-refractivity contribution < 1.29 is 4.79 Å². The van der Waals surface area contributed by atoms with Gasteiger partial charge in [0.05, 0.1) is 11.4 Å². The number of nitrogens with two attached hydrogens (primary N) is 1. The summed E-state index contributed by atoms with van der Waals surface area (Å²) >= 11 is 0. The lowest BCUT2D eigenvalue weighted by Crippen LogP contribution is -2.21. The number of anilines is 3. The van der Waals surface area contributed by atoms with Gasteiger partial charge in [0.1, 0.15) is 5.82 Å². The van der Waals surface area contributed by atoms with Crippen molar-refractivity contribution >= 4 is 23.2 Å². The molecular weight excluding hydrogens is 326 g/mol. The third-order valence-electron chi connectivity index (χ3n) is 3.87. The largest absolute Gasteiger partial charge is 0.399 e. The van der Waals surface area contributed by atoms with Crippen LogP contribution in [0.25, 0.3) is 5.69 Å². The van der Waals surface area contributed by atoms with Crippen LogP contribution in [0.1, 0.15) is 26.5 Å². The highest BCUT2D eigenvalue weighted by atomic mass is 16.2. The smallest absolute Gasteiger partial charge is 0.324 e. The number of nitrogens with zero attached hydrogens (tertiary/aromatic N) is 2. The summed E-state index contributed by atoms with van der Waals surface area (Å²) in [6, 6.07) is 18.2. The second-order valence-corrected chi connectivity index (χ2v) is 7.12. The predicted molar refractivity (Wildman–Crippen MR) is 106 cm³/mol. The first-order chi connectivity index (χ1) is 12.3. The number of aromatic nitrogens is 2. The molecule has 0 aliphatic heterocycles. The standard InChI is InChI=1S/C20H23N5O/c1-20(2,3)17-13-18(23-19(26)22-15-9-5-4-6-10-15)25(24-17)16-11-7-8-14(21)12-16/h4-13H,21H2,1-3H3,(H2,22,23,26). The van der Waals surface area contributed by atoms with E-state index in [4.69, 9.17) is 5.73 Å². The molecule has 0 bridgehead atoms. The molecule has 134 valence electrons. The Kier molecular flexibility index (Phi) is 4.67. The summed E-state index contributed by atoms with van der Waals surface area (Å²) in [5.74, 6) is 0.578. The Labute approximate surface area is 153 Å². The van der Waals surface area contributed by atoms with Crippen molar-refractivity contribution in [2.75, 3.05) is 16.4 Å². The highest BCUT2D eigenvalue weighted by molar-refractivity contribution is 5.99. The number of rotatable bonds is 3. The van der Waals surface area contributed by atoms with Crippen molar-refractivity contribution in [3.8, 4) is 5.69 Å². The molecule has 3 aromatic rings. The fraction of sp³-hybridized carbons (Fsp3) is 0.200. The summed E-state index contributed by atoms with van der Waals surface area (Å²) < 4.78 is 1.70. The number of benzene rings is 2. The van der Waals surface area contributed by atoms with E-state index < -0.39 is 0 Å². The number of para-hydroxylation sites is 1. The lowest BCUT2D eigenvalue weighted by atomic mass is 9.92. The Morgan fingerprint density at radius 1 is 1.00 bits per heavy atom. The van der Waals surface area contributed by atoms with Gasteiger partial charge in [-0.2, -0.15) is 5.10 Å². The molecule has 3 rings (SSSR count). The zero-order valence-electron chi connectivity index (χ0n) is 15.2. The molecule has 0 fully saturated rings. The Bertz CT molecular complexity index is 909. The second-order valence-electron chi connectivity index (χ2n) is 7.12. The van der Waals surface area contributed by atoms with E-state index in [0.717, 1.165) is 17.1 Å². The first-order valence-electron chi connectivity index (χ1n) is 8.42. The SMILES string of the molecule is CC(C)(C)c1cc(NC(=O)Nc2ccccc2)n(-c2cccc(N)c2)n1. The maximum Gasteiger partial charge on any atom is 0.324 e. The maximum atomic E-state index is 12.4. The summed E-state index contributed by atoms with van der Waals surface area (Å²) in [6.07, 6.45) is 0. The van der Waals surface area contributed by atoms with Crippen molar-refractivity contribution in [2.45, 2.75) is 26.2 Å². The molecular formula is C20H23N5O. The van der Waals surface area contributed by atoms with Crippen LogP contribution in [0.5, 0.6) is 0 Å². The quantitative estimate of drug-likeness (QED) is 0.613. The summed E-state index contributed by atoms with van der Waals surface area (Å²) in [5.41, 5.74) is 8.76. The minimum atomic E-state index is -0.332. The zero-order chi connectivity index (χ0) is 18.7. The monoisotopic (exact) mass is 349 g/mol. The molecule has 4 N–H and O–H groups in total. The van der Waals surface area contributed by atoms with Crippen molar-refractivity contribution in [3.63, 3.8) is 0 Å². The van der Waals surface area contributed by atoms with Gasteiger partial charge in [-0.3, -0.25) is 5.32 Å². The van der Waals surface area contributed by atoms with Crippen molar-refractivity contribution in [1.82, 2.24) is 9.78 Å². The first kappa shape index (κ1) is 17.5. The normalized spacial score (nSPS) is 11.2. The third-order valence-corrected chi connectivity index (χ3v) is 3.87. The van der Waals surface area contributed by atoms with Crippen molar-refractivity contribution in [2.24, 2.45) is 0 Å². The molecule has 1 aromatic heterocycles. The van der Waals surface area contributed by atoms with Gasteiger partial charge in [-0.05, 0) is 30.3 Å². The van der Waals surface area contributed by atoms with Crippen LogP contribution in [0, 0.1) is 0 Å². The van der Waals surface area contributed by atoms with Gasteiger partial charge in [0.15, 0.2) is 0 Å². The molecule has 0 unspecified atom stereocenters. The first-order valence-corrected chi connectivity index (χ1v) is 8.42. The van der Waals surface area contributed by atoms with E-state index in [2.05, 4.69) is 36.5 Å². The van der Waals surface area contributed by atoms with Crippen LogP contribution < -0.4 is 16.4 Å². The second kappa shape index (κ2) is 6.92. The van der Waals surface area contributed by atoms with Gasteiger partial charge in [0.2, 0.25) is 0 Å². The van der Waals surface area contributed by atoms with E-state index in [1.807, 2.05) is 60.7 Å². The molecule has 0 atom stereocenters. The molecule has 0 saturated heterocycles. The Morgan fingerprint density at radius 3 is 2.38 bits per heavy atom. The molecule has 0 saturated carbocycles. The number of amides is 2. The molecule has 26 heavy (non-hydrogen) atoms. The number of hydrogen-bond donors (Lipinski definition) is 3. The van der Waals surface area contributed by atoms with Crippen molar-refractivity contribution in [3.05, 3.63) is 66.4 Å². The van der Waals surface area contributed by atoms with Crippen LogP contribution in [-0.4, -0.2) is 15.8 Å². The highest BCUT2D eigenvalue weighted by Gasteiger charge is 2.21. The van der Waals surface area contributed by atoms with Crippen LogP contribution in [-0.2, 0) is 5.41 Å². The van der Waals surface area contributed by atoms with Crippen LogP contribution in [0.15, 0.2) is 60.7 Å². The van der Waals surface area contributed by atoms with Crippen molar-refractivity contribution in [1.29, 1.82) is 0 Å². The fourth-order valence-electron chi connectivity index (χ4n) is 2.49. The lowest BCUT2D eigenvalue weighted by Gasteiger charge is -2.14. The van der Waals surface area contributed by atoms with Gasteiger partial charge in [-0.25, -0.2) is 9.48 Å². The van der Waals surface area contributed by atoms with E-state index in [1.54, 1.807) is 4.68 Å². The summed E-state index contributed by atoms with van der Waals surface area (Å²) in [5, 5.41) is 10.4. The number of urea groups is 1. The molecule has 0 aliphatic carbocycles. The number of hydrogen-bond acceptors (Lipinski definition) is 3. The Hall–Kier alpha value is -3.28. The average Bonchev–Trinajstić information content (AvgIpc) is 2.99. The fourth-order valence-corrected chi connectivity index (χ4v) is 2.49. The predicted octanol–water partition coefficient (Wildman–Crippen LogP) is 4.40. The van der Waals surface area contributed by atoms with Crippen LogP contribution >= 0.6 is 0 Å². The van der Waals surface area contributed by atoms with E-state index in [0.29, 0.717) is 11.5 Å². The van der Waals surface area contributed by atoms with E-state index in [9.17, 15) is 4.79 Å². The third kappa shape index (κ3) is 4.03. The molecule has 2 aromatic carbocycles. The van der Waals surface area contributed by atoms with Gasteiger partial charge < -0.3 is 11.1 Å². The van der Waals surface area contributed by atoms with E-state index >= 15 is 0 Å². The van der Waals surface area contributed by atoms with Gasteiger partial charge in [-0.15, -0.1) is 0 Å². The van der Waals surface area contributed by atoms with Gasteiger partial charge >= 0.3 is 6.03 Å². The summed E-state index contributed by atoms with van der Waals surface area (Å²) in [7, 11) is 0. The number of nitrogen functional groups attached to an aromatic ring is 1. The van der Waals surface area contributed by atoms with Gasteiger partial charge in [0, 0.05) is 22.9 Å². The number of carbonyl (C=O) groups excluding carboxylic acids is 1. The minimum absolute atomic E-state index is 0.155. The topological polar surface area (TPSA) is 85.0 Å². The summed E-state index contributed by atoms with van der Waals surface area (Å²) in [6.45, 7) is 6.23. The molecule has 1 heterocycles. The maximum absolute atomic E-state index is 12.4. The molecule has 0 aliphatic rings. The number of nitrogens with one attached hydrogen (secondary N) is 2. The van der Waals surface area contributed by atoms with E-state index in [-0.39, 0.29) is 11.4 Å². The Morgan fingerprint density at radius 2 is 1.73 bits per heavy atom. The van der Waals surface area contributed by atoms with Gasteiger partial charge in [-0.1, -0.05) is 45.0 Å². The van der Waals surface area contributed by atoms with Crippen LogP contribution in [0.3, 0.4) is 0 Å². The van der Waals surface area contributed by atoms with Crippen LogP contribution in [0.4, 0.5) is 22.0 Å². The molecule has 0 spiro atoms. The average molecular weight is 349 g/mol. The molecule has 2 amide bonds. The zero-order valence-corrected chi connectivity index (χ0v) is 15.2. The summed E-state index contributed by atoms with van der Waals surface area (Å²) in [4.78, 5) is 12.4. The number of carbonyl (C=O) groups is 1. The highest BCUT2D eigenvalue weighted by Crippen LogP contribution is 2.27. The molecule has 0 radical (unpaired) electrons.